The summed E-state index contributed by atoms with van der Waals surface area (Å²) < 4.78 is 33.5. The number of unbranched alkanes of at least 4 members (excludes halogenated alkanes) is 1. The third-order valence-electron chi connectivity index (χ3n) is 3.15. The molecule has 0 aliphatic carbocycles. The Morgan fingerprint density at radius 3 is 2.32 bits per heavy atom. The molecule has 2 atom stereocenters. The van der Waals surface area contributed by atoms with Crippen LogP contribution in [0.5, 0.6) is 0 Å². The van der Waals surface area contributed by atoms with Gasteiger partial charge in [0, 0.05) is 26.2 Å². The first-order valence-corrected chi connectivity index (χ1v) is 8.33. The zero-order chi connectivity index (χ0) is 14.5. The second kappa shape index (κ2) is 7.54. The topological polar surface area (TPSA) is 70.1 Å². The predicted molar refractivity (Wildman–Crippen MR) is 74.1 cm³/mol. The van der Waals surface area contributed by atoms with Crippen LogP contribution < -0.4 is 0 Å². The van der Waals surface area contributed by atoms with Gasteiger partial charge in [-0.15, -0.1) is 0 Å². The Kier molecular flexibility index (Phi) is 6.68. The first-order valence-electron chi connectivity index (χ1n) is 6.93. The predicted octanol–water partition coefficient (Wildman–Crippen LogP) is 0.435. The van der Waals surface area contributed by atoms with Crippen LogP contribution in [-0.4, -0.2) is 67.1 Å². The Morgan fingerprint density at radius 1 is 1.26 bits per heavy atom. The molecule has 1 fully saturated rings. The summed E-state index contributed by atoms with van der Waals surface area (Å²) >= 11 is 0. The number of morpholine rings is 1. The smallest absolute Gasteiger partial charge is 0.282 e. The Balaban J connectivity index is 2.79. The Bertz CT molecular complexity index is 351. The maximum absolute atomic E-state index is 12.6. The van der Waals surface area contributed by atoms with Gasteiger partial charge in [-0.3, -0.25) is 0 Å². The highest BCUT2D eigenvalue weighted by Gasteiger charge is 2.34. The summed E-state index contributed by atoms with van der Waals surface area (Å²) in [7, 11) is -3.50. The van der Waals surface area contributed by atoms with Crippen LogP contribution in [0.1, 0.15) is 33.6 Å². The molecule has 0 aromatic carbocycles. The van der Waals surface area contributed by atoms with Crippen LogP contribution in [0.25, 0.3) is 0 Å². The van der Waals surface area contributed by atoms with Crippen LogP contribution in [0.15, 0.2) is 0 Å². The molecule has 1 saturated heterocycles. The van der Waals surface area contributed by atoms with Crippen LogP contribution in [0.3, 0.4) is 0 Å². The average Bonchev–Trinajstić information content (AvgIpc) is 2.33. The fraction of sp³-hybridized carbons (Fsp3) is 1.00. The van der Waals surface area contributed by atoms with E-state index >= 15 is 0 Å². The van der Waals surface area contributed by atoms with E-state index in [-0.39, 0.29) is 25.4 Å². The molecule has 1 aliphatic heterocycles. The number of nitrogens with zero attached hydrogens (tertiary/aromatic N) is 2. The van der Waals surface area contributed by atoms with Gasteiger partial charge in [-0.25, -0.2) is 0 Å². The van der Waals surface area contributed by atoms with E-state index in [0.29, 0.717) is 19.6 Å². The Hall–Kier alpha value is -0.210. The Morgan fingerprint density at radius 2 is 1.84 bits per heavy atom. The second-order valence-electron chi connectivity index (χ2n) is 5.06. The summed E-state index contributed by atoms with van der Waals surface area (Å²) in [5.74, 6) is 0. The summed E-state index contributed by atoms with van der Waals surface area (Å²) in [4.78, 5) is 0. The molecule has 0 amide bonds. The number of aliphatic hydroxyl groups is 1. The van der Waals surface area contributed by atoms with Crippen molar-refractivity contribution in [1.29, 1.82) is 0 Å². The van der Waals surface area contributed by atoms with Crippen molar-refractivity contribution in [3.05, 3.63) is 0 Å². The van der Waals surface area contributed by atoms with Gasteiger partial charge < -0.3 is 9.84 Å². The van der Waals surface area contributed by atoms with Crippen molar-refractivity contribution < 1.29 is 18.3 Å². The van der Waals surface area contributed by atoms with E-state index < -0.39 is 10.2 Å². The summed E-state index contributed by atoms with van der Waals surface area (Å²) in [6.07, 6.45) is 1.53. The zero-order valence-electron chi connectivity index (χ0n) is 12.1. The molecular weight excluding hydrogens is 268 g/mol. The van der Waals surface area contributed by atoms with Gasteiger partial charge in [0.1, 0.15) is 0 Å². The van der Waals surface area contributed by atoms with E-state index in [9.17, 15) is 8.42 Å². The van der Waals surface area contributed by atoms with Gasteiger partial charge in [0.15, 0.2) is 0 Å². The van der Waals surface area contributed by atoms with Crippen molar-refractivity contribution in [2.75, 3.05) is 32.8 Å². The summed E-state index contributed by atoms with van der Waals surface area (Å²) in [6, 6.07) is 0. The van der Waals surface area contributed by atoms with Crippen LogP contribution in [0.4, 0.5) is 0 Å². The van der Waals surface area contributed by atoms with Gasteiger partial charge in [0.2, 0.25) is 0 Å². The molecule has 1 heterocycles. The lowest BCUT2D eigenvalue weighted by atomic mass is 10.3. The fourth-order valence-corrected chi connectivity index (χ4v) is 4.07. The Labute approximate surface area is 116 Å². The minimum atomic E-state index is -3.50. The van der Waals surface area contributed by atoms with E-state index in [1.807, 2.05) is 20.8 Å². The molecule has 1 rings (SSSR count). The maximum atomic E-state index is 12.6. The standard InChI is InChI=1S/C12H26N2O4S/c1-4-5-6-13(7-8-15)19(16,17)14-9-11(2)18-12(3)10-14/h11-12,15H,4-10H2,1-3H3. The molecule has 0 saturated carbocycles. The lowest BCUT2D eigenvalue weighted by Crippen LogP contribution is -2.53. The highest BCUT2D eigenvalue weighted by atomic mass is 32.2. The van der Waals surface area contributed by atoms with E-state index in [4.69, 9.17) is 9.84 Å². The first-order chi connectivity index (χ1) is 8.91. The molecule has 0 radical (unpaired) electrons. The average molecular weight is 294 g/mol. The van der Waals surface area contributed by atoms with Crippen LogP contribution >= 0.6 is 0 Å². The normalized spacial score (nSPS) is 25.9. The lowest BCUT2D eigenvalue weighted by molar-refractivity contribution is -0.0455. The molecule has 1 N–H and O–H groups in total. The van der Waals surface area contributed by atoms with Gasteiger partial charge in [-0.2, -0.15) is 17.0 Å². The van der Waals surface area contributed by atoms with Gasteiger partial charge in [-0.1, -0.05) is 13.3 Å². The van der Waals surface area contributed by atoms with E-state index in [2.05, 4.69) is 0 Å². The van der Waals surface area contributed by atoms with Crippen molar-refractivity contribution in [3.8, 4) is 0 Å². The van der Waals surface area contributed by atoms with E-state index in [1.165, 1.54) is 8.61 Å². The van der Waals surface area contributed by atoms with Crippen molar-refractivity contribution in [2.24, 2.45) is 0 Å². The molecule has 0 aromatic heterocycles. The summed E-state index contributed by atoms with van der Waals surface area (Å²) in [5.41, 5.74) is 0. The van der Waals surface area contributed by atoms with Gasteiger partial charge in [-0.05, 0) is 20.3 Å². The first kappa shape index (κ1) is 16.8. The molecule has 114 valence electrons. The molecular formula is C12H26N2O4S. The molecule has 2 unspecified atom stereocenters. The van der Waals surface area contributed by atoms with Crippen LogP contribution in [-0.2, 0) is 14.9 Å². The molecule has 1 aliphatic rings. The third-order valence-corrected chi connectivity index (χ3v) is 5.12. The van der Waals surface area contributed by atoms with Crippen molar-refractivity contribution in [2.45, 2.75) is 45.8 Å². The molecule has 6 nitrogen and oxygen atoms in total. The van der Waals surface area contributed by atoms with E-state index in [0.717, 1.165) is 12.8 Å². The minimum Gasteiger partial charge on any atom is -0.395 e. The SMILES string of the molecule is CCCCN(CCO)S(=O)(=O)N1CC(C)OC(C)C1. The highest BCUT2D eigenvalue weighted by Crippen LogP contribution is 2.17. The van der Waals surface area contributed by atoms with Crippen LogP contribution in [0.2, 0.25) is 0 Å². The molecule has 0 bridgehead atoms. The highest BCUT2D eigenvalue weighted by molar-refractivity contribution is 7.86. The monoisotopic (exact) mass is 294 g/mol. The maximum Gasteiger partial charge on any atom is 0.282 e. The van der Waals surface area contributed by atoms with Crippen molar-refractivity contribution >= 4 is 10.2 Å². The van der Waals surface area contributed by atoms with Gasteiger partial charge in [0.25, 0.3) is 10.2 Å². The molecule has 0 spiro atoms. The number of hydrogen-bond acceptors (Lipinski definition) is 4. The largest absolute Gasteiger partial charge is 0.395 e. The number of rotatable bonds is 7. The quantitative estimate of drug-likeness (QED) is 0.739. The van der Waals surface area contributed by atoms with Crippen molar-refractivity contribution in [1.82, 2.24) is 8.61 Å². The lowest BCUT2D eigenvalue weighted by Gasteiger charge is -2.37. The number of aliphatic hydroxyl groups excluding tert-OH is 1. The van der Waals surface area contributed by atoms with E-state index in [1.54, 1.807) is 0 Å². The summed E-state index contributed by atoms with van der Waals surface area (Å²) in [6.45, 7) is 6.98. The van der Waals surface area contributed by atoms with Gasteiger partial charge in [0.05, 0.1) is 18.8 Å². The number of hydrogen-bond donors (Lipinski definition) is 1. The molecule has 19 heavy (non-hydrogen) atoms. The molecule has 7 heteroatoms. The summed E-state index contributed by atoms with van der Waals surface area (Å²) in [5, 5.41) is 9.05. The minimum absolute atomic E-state index is 0.0966. The fourth-order valence-electron chi connectivity index (χ4n) is 2.27. The molecule has 0 aromatic rings. The zero-order valence-corrected chi connectivity index (χ0v) is 12.9. The third kappa shape index (κ3) is 4.68. The van der Waals surface area contributed by atoms with Gasteiger partial charge >= 0.3 is 0 Å². The van der Waals surface area contributed by atoms with Crippen LogP contribution in [0, 0.1) is 0 Å². The number of ether oxygens (including phenoxy) is 1. The van der Waals surface area contributed by atoms with Crippen molar-refractivity contribution in [3.63, 3.8) is 0 Å². The second-order valence-corrected chi connectivity index (χ2v) is 6.99.